The average molecular weight is 404 g/mol. The van der Waals surface area contributed by atoms with Crippen molar-refractivity contribution in [2.75, 3.05) is 0 Å². The van der Waals surface area contributed by atoms with Crippen LogP contribution in [0.1, 0.15) is 41.9 Å². The van der Waals surface area contributed by atoms with Crippen LogP contribution in [0.2, 0.25) is 5.02 Å². The summed E-state index contributed by atoms with van der Waals surface area (Å²) in [5.74, 6) is -3.04. The van der Waals surface area contributed by atoms with Crippen LogP contribution in [0.15, 0.2) is 36.4 Å². The number of nitrogens with zero attached hydrogens (tertiary/aromatic N) is 1. The Kier molecular flexibility index (Phi) is 4.93. The minimum Gasteiger partial charge on any atom is -0.505 e. The van der Waals surface area contributed by atoms with Crippen LogP contribution in [-0.4, -0.2) is 26.7 Å². The SMILES string of the molecule is CC[C@@](C)(C(=O)O)c1c(C)n(C(=O)c2cccc(Cl)c2)c2cc(F)c(O)cc12. The maximum atomic E-state index is 14.1. The van der Waals surface area contributed by atoms with Gasteiger partial charge in [0, 0.05) is 27.7 Å². The number of benzene rings is 2. The monoisotopic (exact) mass is 403 g/mol. The van der Waals surface area contributed by atoms with E-state index < -0.39 is 28.9 Å². The zero-order valence-corrected chi connectivity index (χ0v) is 16.3. The van der Waals surface area contributed by atoms with E-state index in [-0.39, 0.29) is 17.5 Å². The molecule has 0 fully saturated rings. The number of phenolic OH excluding ortho intramolecular Hbond substituents is 1. The Morgan fingerprint density at radius 2 is 1.93 bits per heavy atom. The molecule has 1 atom stereocenters. The number of aromatic hydroxyl groups is 1. The van der Waals surface area contributed by atoms with Crippen LogP contribution in [0.5, 0.6) is 5.75 Å². The molecule has 0 aliphatic rings. The first-order valence-corrected chi connectivity index (χ1v) is 9.07. The fraction of sp³-hybridized carbons (Fsp3) is 0.238. The van der Waals surface area contributed by atoms with Crippen LogP contribution in [0.4, 0.5) is 4.39 Å². The van der Waals surface area contributed by atoms with E-state index in [1.165, 1.54) is 16.7 Å². The second kappa shape index (κ2) is 6.95. The van der Waals surface area contributed by atoms with E-state index in [4.69, 9.17) is 11.6 Å². The van der Waals surface area contributed by atoms with Crippen molar-refractivity contribution in [3.8, 4) is 5.75 Å². The molecule has 7 heteroatoms. The first-order valence-electron chi connectivity index (χ1n) is 8.69. The minimum absolute atomic E-state index is 0.189. The van der Waals surface area contributed by atoms with E-state index in [0.29, 0.717) is 21.7 Å². The van der Waals surface area contributed by atoms with E-state index >= 15 is 0 Å². The van der Waals surface area contributed by atoms with Gasteiger partial charge in [0.05, 0.1) is 10.9 Å². The lowest BCUT2D eigenvalue weighted by atomic mass is 9.78. The maximum Gasteiger partial charge on any atom is 0.313 e. The molecule has 146 valence electrons. The third kappa shape index (κ3) is 2.94. The highest BCUT2D eigenvalue weighted by atomic mass is 35.5. The van der Waals surface area contributed by atoms with Gasteiger partial charge in [-0.1, -0.05) is 24.6 Å². The summed E-state index contributed by atoms with van der Waals surface area (Å²) in [6, 6.07) is 8.53. The number of aromatic nitrogens is 1. The molecule has 0 radical (unpaired) electrons. The molecule has 0 saturated carbocycles. The third-order valence-corrected chi connectivity index (χ3v) is 5.51. The molecule has 1 heterocycles. The molecule has 0 aliphatic heterocycles. The smallest absolute Gasteiger partial charge is 0.313 e. The van der Waals surface area contributed by atoms with Crippen LogP contribution in [-0.2, 0) is 10.2 Å². The van der Waals surface area contributed by atoms with Crippen molar-refractivity contribution in [1.82, 2.24) is 4.57 Å². The van der Waals surface area contributed by atoms with E-state index in [0.717, 1.165) is 6.07 Å². The molecule has 3 rings (SSSR count). The Bertz CT molecular complexity index is 1120. The minimum atomic E-state index is -1.33. The van der Waals surface area contributed by atoms with Crippen molar-refractivity contribution in [3.05, 3.63) is 64.1 Å². The molecule has 2 aromatic carbocycles. The van der Waals surface area contributed by atoms with Crippen LogP contribution < -0.4 is 0 Å². The largest absolute Gasteiger partial charge is 0.505 e. The molecule has 1 aromatic heterocycles. The van der Waals surface area contributed by atoms with E-state index in [1.54, 1.807) is 39.0 Å². The van der Waals surface area contributed by atoms with Gasteiger partial charge < -0.3 is 10.2 Å². The Labute approximate surface area is 166 Å². The van der Waals surface area contributed by atoms with Crippen molar-refractivity contribution >= 4 is 34.4 Å². The summed E-state index contributed by atoms with van der Waals surface area (Å²) < 4.78 is 15.4. The predicted molar refractivity (Wildman–Crippen MR) is 105 cm³/mol. The van der Waals surface area contributed by atoms with Gasteiger partial charge in [-0.2, -0.15) is 0 Å². The van der Waals surface area contributed by atoms with E-state index in [9.17, 15) is 24.2 Å². The van der Waals surface area contributed by atoms with Gasteiger partial charge in [0.1, 0.15) is 0 Å². The summed E-state index contributed by atoms with van der Waals surface area (Å²) in [7, 11) is 0. The molecular weight excluding hydrogens is 385 g/mol. The lowest BCUT2D eigenvalue weighted by molar-refractivity contribution is -0.143. The third-order valence-electron chi connectivity index (χ3n) is 5.28. The normalized spacial score (nSPS) is 13.5. The molecule has 0 unspecified atom stereocenters. The summed E-state index contributed by atoms with van der Waals surface area (Å²) in [5.41, 5.74) is -0.124. The quantitative estimate of drug-likeness (QED) is 0.650. The van der Waals surface area contributed by atoms with Crippen molar-refractivity contribution in [2.24, 2.45) is 0 Å². The lowest BCUT2D eigenvalue weighted by Gasteiger charge is -2.24. The molecule has 2 N–H and O–H groups in total. The highest BCUT2D eigenvalue weighted by Gasteiger charge is 2.39. The van der Waals surface area contributed by atoms with Gasteiger partial charge in [0.25, 0.3) is 5.91 Å². The maximum absolute atomic E-state index is 14.1. The molecule has 3 aromatic rings. The Balaban J connectivity index is 2.41. The molecule has 28 heavy (non-hydrogen) atoms. The number of hydrogen-bond acceptors (Lipinski definition) is 3. The van der Waals surface area contributed by atoms with Gasteiger partial charge in [-0.15, -0.1) is 0 Å². The fourth-order valence-electron chi connectivity index (χ4n) is 3.57. The number of carboxylic acids is 1. The fourth-order valence-corrected chi connectivity index (χ4v) is 3.76. The highest BCUT2D eigenvalue weighted by molar-refractivity contribution is 6.31. The summed E-state index contributed by atoms with van der Waals surface area (Å²) in [4.78, 5) is 25.2. The van der Waals surface area contributed by atoms with Crippen molar-refractivity contribution in [1.29, 1.82) is 0 Å². The molecule has 0 amide bonds. The van der Waals surface area contributed by atoms with Crippen LogP contribution in [0.3, 0.4) is 0 Å². The Morgan fingerprint density at radius 1 is 1.25 bits per heavy atom. The van der Waals surface area contributed by atoms with Crippen LogP contribution >= 0.6 is 11.6 Å². The van der Waals surface area contributed by atoms with Gasteiger partial charge >= 0.3 is 5.97 Å². The van der Waals surface area contributed by atoms with Gasteiger partial charge in [0.2, 0.25) is 0 Å². The van der Waals surface area contributed by atoms with Gasteiger partial charge in [-0.3, -0.25) is 14.2 Å². The van der Waals surface area contributed by atoms with Gasteiger partial charge in [-0.05, 0) is 50.1 Å². The van der Waals surface area contributed by atoms with Gasteiger partial charge in [-0.25, -0.2) is 4.39 Å². The second-order valence-electron chi connectivity index (χ2n) is 6.92. The van der Waals surface area contributed by atoms with Crippen molar-refractivity contribution in [2.45, 2.75) is 32.6 Å². The zero-order valence-electron chi connectivity index (χ0n) is 15.6. The average Bonchev–Trinajstić information content (AvgIpc) is 2.92. The summed E-state index contributed by atoms with van der Waals surface area (Å²) in [5, 5.41) is 20.4. The van der Waals surface area contributed by atoms with Gasteiger partial charge in [0.15, 0.2) is 11.6 Å². The molecule has 5 nitrogen and oxygen atoms in total. The van der Waals surface area contributed by atoms with Crippen molar-refractivity contribution in [3.63, 3.8) is 0 Å². The number of carbonyl (C=O) groups is 2. The molecule has 0 saturated heterocycles. The molecular formula is C21H19ClFNO4. The Hall–Kier alpha value is -2.86. The topological polar surface area (TPSA) is 79.5 Å². The highest BCUT2D eigenvalue weighted by Crippen LogP contribution is 2.40. The lowest BCUT2D eigenvalue weighted by Crippen LogP contribution is -2.32. The number of hydrogen-bond donors (Lipinski definition) is 2. The van der Waals surface area contributed by atoms with Crippen LogP contribution in [0, 0.1) is 12.7 Å². The number of rotatable bonds is 4. The molecule has 0 bridgehead atoms. The number of carbonyl (C=O) groups excluding carboxylic acids is 1. The molecule has 0 aliphatic carbocycles. The van der Waals surface area contributed by atoms with E-state index in [2.05, 4.69) is 0 Å². The summed E-state index contributed by atoms with van der Waals surface area (Å²) in [6.45, 7) is 4.88. The predicted octanol–water partition coefficient (Wildman–Crippen LogP) is 4.89. The number of halogens is 2. The summed E-state index contributed by atoms with van der Waals surface area (Å²) >= 11 is 5.99. The van der Waals surface area contributed by atoms with Crippen molar-refractivity contribution < 1.29 is 24.2 Å². The first-order chi connectivity index (χ1) is 13.1. The Morgan fingerprint density at radius 3 is 2.50 bits per heavy atom. The molecule has 0 spiro atoms. The number of carboxylic acid groups (broad SMARTS) is 1. The first kappa shape index (κ1) is 19.9. The number of phenols is 1. The standard InChI is InChI=1S/C21H19ClFNO4/c1-4-21(3,20(27)28)18-11(2)24(16-10-15(23)17(25)9-14(16)18)19(26)12-6-5-7-13(22)8-12/h5-10,25H,4H2,1-3H3,(H,27,28)/t21-/m1/s1. The number of fused-ring (bicyclic) bond motifs is 1. The number of aliphatic carboxylic acids is 1. The second-order valence-corrected chi connectivity index (χ2v) is 7.36. The summed E-state index contributed by atoms with van der Waals surface area (Å²) in [6.07, 6.45) is 0.242. The van der Waals surface area contributed by atoms with E-state index in [1.807, 2.05) is 0 Å². The zero-order chi connectivity index (χ0) is 20.8. The van der Waals surface area contributed by atoms with Crippen LogP contribution in [0.25, 0.3) is 10.9 Å².